The third-order valence-electron chi connectivity index (χ3n) is 4.67. The first kappa shape index (κ1) is 16.3. The predicted molar refractivity (Wildman–Crippen MR) is 80.0 cm³/mol. The number of carbonyl (C=O) groups is 1. The van der Waals surface area contributed by atoms with Crippen molar-refractivity contribution >= 4 is 5.78 Å². The van der Waals surface area contributed by atoms with Crippen LogP contribution in [0.1, 0.15) is 72.1 Å². The Hall–Kier alpha value is -0.790. The van der Waals surface area contributed by atoms with Gasteiger partial charge in [-0.3, -0.25) is 4.79 Å². The smallest absolute Gasteiger partial charge is 0.164 e. The van der Waals surface area contributed by atoms with Crippen molar-refractivity contribution in [2.45, 2.75) is 72.1 Å². The topological polar surface area (TPSA) is 26.3 Å². The van der Waals surface area contributed by atoms with Crippen LogP contribution in [0.2, 0.25) is 0 Å². The van der Waals surface area contributed by atoms with Gasteiger partial charge in [-0.25, -0.2) is 0 Å². The van der Waals surface area contributed by atoms with Crippen LogP contribution in [0.15, 0.2) is 11.8 Å². The van der Waals surface area contributed by atoms with Crippen LogP contribution in [-0.2, 0) is 9.53 Å². The van der Waals surface area contributed by atoms with Crippen LogP contribution in [-0.4, -0.2) is 12.9 Å². The van der Waals surface area contributed by atoms with Crippen molar-refractivity contribution in [2.75, 3.05) is 7.11 Å². The predicted octanol–water partition coefficient (Wildman–Crippen LogP) is 4.88. The van der Waals surface area contributed by atoms with Crippen molar-refractivity contribution in [3.05, 3.63) is 11.8 Å². The summed E-state index contributed by atoms with van der Waals surface area (Å²) in [5, 5.41) is 0. The molecule has 0 saturated heterocycles. The first-order chi connectivity index (χ1) is 9.05. The third kappa shape index (κ3) is 4.67. The van der Waals surface area contributed by atoms with Gasteiger partial charge in [0.1, 0.15) is 0 Å². The van der Waals surface area contributed by atoms with Crippen molar-refractivity contribution in [1.82, 2.24) is 0 Å². The Bertz CT molecular complexity index is 315. The van der Waals surface area contributed by atoms with Gasteiger partial charge in [-0.2, -0.15) is 0 Å². The van der Waals surface area contributed by atoms with Gasteiger partial charge in [-0.15, -0.1) is 0 Å². The Kier molecular flexibility index (Phi) is 6.60. The van der Waals surface area contributed by atoms with Gasteiger partial charge in [0.25, 0.3) is 0 Å². The zero-order valence-corrected chi connectivity index (χ0v) is 13.1. The largest absolute Gasteiger partial charge is 0.501 e. The Labute approximate surface area is 118 Å². The Balaban J connectivity index is 2.66. The van der Waals surface area contributed by atoms with Crippen molar-refractivity contribution < 1.29 is 9.53 Å². The summed E-state index contributed by atoms with van der Waals surface area (Å²) < 4.78 is 5.35. The third-order valence-corrected chi connectivity index (χ3v) is 4.67. The number of hydrogen-bond acceptors (Lipinski definition) is 2. The van der Waals surface area contributed by atoms with E-state index in [1.165, 1.54) is 19.3 Å². The quantitative estimate of drug-likeness (QED) is 0.439. The second-order valence-electron chi connectivity index (χ2n) is 6.20. The summed E-state index contributed by atoms with van der Waals surface area (Å²) in [4.78, 5) is 12.5. The highest BCUT2D eigenvalue weighted by atomic mass is 16.5. The maximum absolute atomic E-state index is 12.5. The lowest BCUT2D eigenvalue weighted by Crippen LogP contribution is -2.31. The lowest BCUT2D eigenvalue weighted by atomic mass is 9.69. The second-order valence-corrected chi connectivity index (χ2v) is 6.20. The van der Waals surface area contributed by atoms with Crippen molar-refractivity contribution in [3.8, 4) is 0 Å². The first-order valence-electron chi connectivity index (χ1n) is 7.84. The Morgan fingerprint density at radius 1 is 1.37 bits per heavy atom. The minimum Gasteiger partial charge on any atom is -0.501 e. The van der Waals surface area contributed by atoms with E-state index in [9.17, 15) is 4.79 Å². The highest BCUT2D eigenvalue weighted by Crippen LogP contribution is 2.40. The number of methoxy groups -OCH3 is 1. The molecule has 0 aromatic heterocycles. The van der Waals surface area contributed by atoms with Crippen LogP contribution < -0.4 is 0 Å². The number of carbonyl (C=O) groups excluding carboxylic acids is 1. The van der Waals surface area contributed by atoms with Crippen molar-refractivity contribution in [3.63, 3.8) is 0 Å². The number of unbranched alkanes of at least 4 members (excludes halogenated alkanes) is 1. The highest BCUT2D eigenvalue weighted by Gasteiger charge is 2.34. The van der Waals surface area contributed by atoms with E-state index in [0.717, 1.165) is 43.8 Å². The molecule has 0 radical (unpaired) electrons. The first-order valence-corrected chi connectivity index (χ1v) is 7.84. The van der Waals surface area contributed by atoms with E-state index in [-0.39, 0.29) is 11.2 Å². The molecule has 0 aromatic rings. The molecule has 1 aliphatic carbocycles. The van der Waals surface area contributed by atoms with Crippen LogP contribution in [0.5, 0.6) is 0 Å². The SMILES string of the molecule is CCCC/C(=C/C(=O)C(C)(CC)CC1CCC1)OC. The van der Waals surface area contributed by atoms with E-state index in [0.29, 0.717) is 0 Å². The summed E-state index contributed by atoms with van der Waals surface area (Å²) in [6, 6.07) is 0. The summed E-state index contributed by atoms with van der Waals surface area (Å²) in [5.74, 6) is 1.87. The van der Waals surface area contributed by atoms with Crippen molar-refractivity contribution in [1.29, 1.82) is 0 Å². The molecule has 1 atom stereocenters. The van der Waals surface area contributed by atoms with E-state index >= 15 is 0 Å². The number of hydrogen-bond donors (Lipinski definition) is 0. The summed E-state index contributed by atoms with van der Waals surface area (Å²) in [5.41, 5.74) is -0.193. The molecule has 1 rings (SSSR count). The number of ether oxygens (including phenoxy) is 1. The highest BCUT2D eigenvalue weighted by molar-refractivity contribution is 5.94. The molecule has 19 heavy (non-hydrogen) atoms. The molecule has 0 amide bonds. The van der Waals surface area contributed by atoms with Crippen LogP contribution in [0, 0.1) is 11.3 Å². The molecule has 0 heterocycles. The minimum atomic E-state index is -0.193. The zero-order chi connectivity index (χ0) is 14.3. The van der Waals surface area contributed by atoms with Gasteiger partial charge in [-0.05, 0) is 25.2 Å². The molecule has 110 valence electrons. The van der Waals surface area contributed by atoms with E-state index in [1.54, 1.807) is 13.2 Å². The van der Waals surface area contributed by atoms with Crippen LogP contribution >= 0.6 is 0 Å². The van der Waals surface area contributed by atoms with E-state index in [1.807, 2.05) is 0 Å². The van der Waals surface area contributed by atoms with E-state index in [4.69, 9.17) is 4.74 Å². The fourth-order valence-corrected chi connectivity index (χ4v) is 2.66. The molecule has 1 fully saturated rings. The standard InChI is InChI=1S/C17H30O2/c1-5-7-11-15(19-4)12-16(18)17(3,6-2)13-14-9-8-10-14/h12,14H,5-11,13H2,1-4H3/b15-12-. The molecule has 0 aliphatic heterocycles. The second kappa shape index (κ2) is 7.72. The van der Waals surface area contributed by atoms with Crippen LogP contribution in [0.3, 0.4) is 0 Å². The average molecular weight is 266 g/mol. The molecule has 2 nitrogen and oxygen atoms in total. The molecule has 0 N–H and O–H groups in total. The normalized spacial score (nSPS) is 19.7. The van der Waals surface area contributed by atoms with Gasteiger partial charge in [0.15, 0.2) is 5.78 Å². The monoisotopic (exact) mass is 266 g/mol. The summed E-state index contributed by atoms with van der Waals surface area (Å²) in [7, 11) is 1.67. The average Bonchev–Trinajstić information content (AvgIpc) is 2.38. The Morgan fingerprint density at radius 3 is 2.47 bits per heavy atom. The minimum absolute atomic E-state index is 0.193. The van der Waals surface area contributed by atoms with Gasteiger partial charge in [0.2, 0.25) is 0 Å². The van der Waals surface area contributed by atoms with Gasteiger partial charge in [0, 0.05) is 17.9 Å². The molecule has 1 unspecified atom stereocenters. The maximum atomic E-state index is 12.5. The van der Waals surface area contributed by atoms with E-state index < -0.39 is 0 Å². The number of allylic oxidation sites excluding steroid dienone is 2. The molecule has 0 aromatic carbocycles. The molecule has 0 bridgehead atoms. The maximum Gasteiger partial charge on any atom is 0.164 e. The van der Waals surface area contributed by atoms with Gasteiger partial charge in [-0.1, -0.05) is 46.5 Å². The van der Waals surface area contributed by atoms with Gasteiger partial charge >= 0.3 is 0 Å². The number of rotatable bonds is 9. The molecular formula is C17H30O2. The molecule has 2 heteroatoms. The summed E-state index contributed by atoms with van der Waals surface area (Å²) in [6.07, 6.45) is 10.8. The van der Waals surface area contributed by atoms with Gasteiger partial charge in [0.05, 0.1) is 12.9 Å². The fourth-order valence-electron chi connectivity index (χ4n) is 2.66. The lowest BCUT2D eigenvalue weighted by molar-refractivity contribution is -0.124. The lowest BCUT2D eigenvalue weighted by Gasteiger charge is -2.34. The van der Waals surface area contributed by atoms with Crippen molar-refractivity contribution in [2.24, 2.45) is 11.3 Å². The Morgan fingerprint density at radius 2 is 2.05 bits per heavy atom. The van der Waals surface area contributed by atoms with Crippen LogP contribution in [0.25, 0.3) is 0 Å². The molecule has 1 aliphatic rings. The van der Waals surface area contributed by atoms with Crippen LogP contribution in [0.4, 0.5) is 0 Å². The summed E-state index contributed by atoms with van der Waals surface area (Å²) in [6.45, 7) is 6.40. The summed E-state index contributed by atoms with van der Waals surface area (Å²) >= 11 is 0. The van der Waals surface area contributed by atoms with Gasteiger partial charge < -0.3 is 4.74 Å². The molecule has 1 saturated carbocycles. The fraction of sp³-hybridized carbons (Fsp3) is 0.824. The number of ketones is 1. The molecule has 0 spiro atoms. The molecular weight excluding hydrogens is 236 g/mol. The van der Waals surface area contributed by atoms with E-state index in [2.05, 4.69) is 20.8 Å². The zero-order valence-electron chi connectivity index (χ0n) is 13.1.